The summed E-state index contributed by atoms with van der Waals surface area (Å²) in [4.78, 5) is 16.3. The van der Waals surface area contributed by atoms with Crippen LogP contribution in [0.25, 0.3) is 28.2 Å². The first-order valence-electron chi connectivity index (χ1n) is 11.0. The van der Waals surface area contributed by atoms with Gasteiger partial charge in [-0.1, -0.05) is 11.6 Å². The molecule has 0 atom stereocenters. The van der Waals surface area contributed by atoms with E-state index in [1.165, 1.54) is 12.1 Å². The Balaban J connectivity index is 1.62. The predicted octanol–water partition coefficient (Wildman–Crippen LogP) is 5.33. The molecule has 4 rings (SSSR count). The quantitative estimate of drug-likeness (QED) is 0.347. The van der Waals surface area contributed by atoms with Gasteiger partial charge in [-0.3, -0.25) is 4.79 Å². The van der Waals surface area contributed by atoms with Crippen LogP contribution in [0.15, 0.2) is 60.9 Å². The number of nitrogens with one attached hydrogen (secondary N) is 1. The van der Waals surface area contributed by atoms with Crippen LogP contribution in [0.4, 0.5) is 10.2 Å². The Labute approximate surface area is 207 Å². The maximum Gasteiger partial charge on any atom is 0.308 e. The minimum atomic E-state index is -0.527. The lowest BCUT2D eigenvalue weighted by atomic mass is 10.0. The monoisotopic (exact) mass is 494 g/mol. The number of carbonyl (C=O) groups is 1. The second kappa shape index (κ2) is 10.2. The zero-order chi connectivity index (χ0) is 25.0. The smallest absolute Gasteiger partial charge is 0.308 e. The van der Waals surface area contributed by atoms with Crippen LogP contribution < -0.4 is 5.32 Å². The van der Waals surface area contributed by atoms with Gasteiger partial charge in [0.05, 0.1) is 6.42 Å². The molecule has 4 aromatic rings. The third-order valence-electron chi connectivity index (χ3n) is 4.81. The largest absolute Gasteiger partial charge is 0.460 e. The fourth-order valence-electron chi connectivity index (χ4n) is 3.33. The summed E-state index contributed by atoms with van der Waals surface area (Å²) in [6, 6.07) is 13.1. The molecule has 0 unspecified atom stereocenters. The molecule has 180 valence electrons. The minimum Gasteiger partial charge on any atom is -0.460 e. The standard InChI is InChI=1S/C25H24ClFN6O2/c1-25(2,3)35-23(34)11-13-29-21-14-17(10-12-28-21)19-15-33(22-9-8-20(26)30-31-22)32-24(19)16-4-6-18(27)7-5-16/h4-10,12,14-15H,11,13H2,1-3H3,(H,28,29). The van der Waals surface area contributed by atoms with Gasteiger partial charge in [-0.15, -0.1) is 10.2 Å². The zero-order valence-corrected chi connectivity index (χ0v) is 20.3. The molecule has 10 heteroatoms. The number of esters is 1. The van der Waals surface area contributed by atoms with Gasteiger partial charge in [0.1, 0.15) is 22.9 Å². The highest BCUT2D eigenvalue weighted by atomic mass is 35.5. The van der Waals surface area contributed by atoms with Gasteiger partial charge >= 0.3 is 5.97 Å². The SMILES string of the molecule is CC(C)(C)OC(=O)CCNc1cc(-c2cn(-c3ccc(Cl)nn3)nc2-c2ccc(F)cc2)ccn1. The van der Waals surface area contributed by atoms with Gasteiger partial charge in [0.2, 0.25) is 0 Å². The lowest BCUT2D eigenvalue weighted by Crippen LogP contribution is -2.25. The van der Waals surface area contributed by atoms with E-state index in [-0.39, 0.29) is 23.4 Å². The molecule has 3 heterocycles. The molecule has 0 bridgehead atoms. The van der Waals surface area contributed by atoms with Crippen molar-refractivity contribution in [3.63, 3.8) is 0 Å². The molecule has 0 fully saturated rings. The number of nitrogens with zero attached hydrogens (tertiary/aromatic N) is 5. The van der Waals surface area contributed by atoms with E-state index in [4.69, 9.17) is 16.3 Å². The Morgan fingerprint density at radius 3 is 2.54 bits per heavy atom. The summed E-state index contributed by atoms with van der Waals surface area (Å²) in [6.07, 6.45) is 3.69. The van der Waals surface area contributed by atoms with Gasteiger partial charge in [0, 0.05) is 30.1 Å². The number of ether oxygens (including phenoxy) is 1. The topological polar surface area (TPSA) is 94.8 Å². The first kappa shape index (κ1) is 24.3. The molecular weight excluding hydrogens is 471 g/mol. The van der Waals surface area contributed by atoms with Crippen molar-refractivity contribution in [1.29, 1.82) is 0 Å². The molecule has 0 aliphatic heterocycles. The van der Waals surface area contributed by atoms with Gasteiger partial charge in [-0.2, -0.15) is 5.10 Å². The van der Waals surface area contributed by atoms with E-state index in [2.05, 4.69) is 25.6 Å². The van der Waals surface area contributed by atoms with E-state index >= 15 is 0 Å². The molecule has 0 aliphatic rings. The number of anilines is 1. The first-order chi connectivity index (χ1) is 16.7. The summed E-state index contributed by atoms with van der Waals surface area (Å²) in [5.41, 5.74) is 2.45. The van der Waals surface area contributed by atoms with Crippen LogP contribution in [0.1, 0.15) is 27.2 Å². The van der Waals surface area contributed by atoms with Crippen molar-refractivity contribution in [2.24, 2.45) is 0 Å². The Bertz CT molecular complexity index is 1320. The summed E-state index contributed by atoms with van der Waals surface area (Å²) < 4.78 is 20.5. The lowest BCUT2D eigenvalue weighted by Gasteiger charge is -2.19. The van der Waals surface area contributed by atoms with Crippen LogP contribution in [0.3, 0.4) is 0 Å². The van der Waals surface area contributed by atoms with Gasteiger partial charge in [-0.25, -0.2) is 14.1 Å². The number of benzene rings is 1. The number of hydrogen-bond donors (Lipinski definition) is 1. The van der Waals surface area contributed by atoms with Crippen molar-refractivity contribution in [1.82, 2.24) is 25.0 Å². The Hall–Kier alpha value is -3.85. The van der Waals surface area contributed by atoms with Crippen LogP contribution in [0, 0.1) is 5.82 Å². The fraction of sp³-hybridized carbons (Fsp3) is 0.240. The van der Waals surface area contributed by atoms with Crippen molar-refractivity contribution in [2.75, 3.05) is 11.9 Å². The zero-order valence-electron chi connectivity index (χ0n) is 19.5. The summed E-state index contributed by atoms with van der Waals surface area (Å²) in [6.45, 7) is 5.86. The number of halogens is 2. The maximum absolute atomic E-state index is 13.5. The Kier molecular flexibility index (Phi) is 7.07. The van der Waals surface area contributed by atoms with E-state index < -0.39 is 5.60 Å². The lowest BCUT2D eigenvalue weighted by molar-refractivity contribution is -0.154. The van der Waals surface area contributed by atoms with Crippen molar-refractivity contribution in [3.8, 4) is 28.2 Å². The van der Waals surface area contributed by atoms with E-state index in [1.54, 1.807) is 35.1 Å². The third-order valence-corrected chi connectivity index (χ3v) is 5.01. The van der Waals surface area contributed by atoms with E-state index in [0.717, 1.165) is 16.7 Å². The summed E-state index contributed by atoms with van der Waals surface area (Å²) in [7, 11) is 0. The van der Waals surface area contributed by atoms with E-state index in [0.29, 0.717) is 23.9 Å². The van der Waals surface area contributed by atoms with Crippen LogP contribution in [0.2, 0.25) is 5.15 Å². The summed E-state index contributed by atoms with van der Waals surface area (Å²) in [5, 5.41) is 16.1. The molecular formula is C25H24ClFN6O2. The molecule has 0 saturated heterocycles. The van der Waals surface area contributed by atoms with Crippen molar-refractivity contribution < 1.29 is 13.9 Å². The first-order valence-corrected chi connectivity index (χ1v) is 11.3. The van der Waals surface area contributed by atoms with Crippen molar-refractivity contribution >= 4 is 23.4 Å². The minimum absolute atomic E-state index is 0.206. The third kappa shape index (κ3) is 6.39. The highest BCUT2D eigenvalue weighted by Gasteiger charge is 2.17. The van der Waals surface area contributed by atoms with Gasteiger partial charge in [0.25, 0.3) is 0 Å². The van der Waals surface area contributed by atoms with Gasteiger partial charge < -0.3 is 10.1 Å². The van der Waals surface area contributed by atoms with Gasteiger partial charge in [0.15, 0.2) is 11.0 Å². The Morgan fingerprint density at radius 1 is 1.09 bits per heavy atom. The molecule has 0 amide bonds. The number of pyridine rings is 1. The molecule has 0 radical (unpaired) electrons. The average molecular weight is 495 g/mol. The van der Waals surface area contributed by atoms with Crippen LogP contribution in [-0.4, -0.2) is 43.1 Å². The molecule has 0 saturated carbocycles. The van der Waals surface area contributed by atoms with Gasteiger partial charge in [-0.05, 0) is 74.9 Å². The molecule has 8 nitrogen and oxygen atoms in total. The molecule has 0 aliphatic carbocycles. The average Bonchev–Trinajstić information content (AvgIpc) is 3.24. The van der Waals surface area contributed by atoms with Crippen LogP contribution in [0.5, 0.6) is 0 Å². The van der Waals surface area contributed by atoms with Crippen molar-refractivity contribution in [2.45, 2.75) is 32.8 Å². The van der Waals surface area contributed by atoms with E-state index in [1.807, 2.05) is 39.1 Å². The highest BCUT2D eigenvalue weighted by molar-refractivity contribution is 6.29. The molecule has 35 heavy (non-hydrogen) atoms. The highest BCUT2D eigenvalue weighted by Crippen LogP contribution is 2.32. The fourth-order valence-corrected chi connectivity index (χ4v) is 3.44. The predicted molar refractivity (Wildman–Crippen MR) is 132 cm³/mol. The molecule has 3 aromatic heterocycles. The number of hydrogen-bond acceptors (Lipinski definition) is 7. The summed E-state index contributed by atoms with van der Waals surface area (Å²) in [5.74, 6) is 0.452. The molecule has 1 aromatic carbocycles. The number of carbonyl (C=O) groups excluding carboxylic acids is 1. The number of aromatic nitrogens is 5. The summed E-state index contributed by atoms with van der Waals surface area (Å²) >= 11 is 5.87. The number of rotatable bonds is 7. The van der Waals surface area contributed by atoms with Crippen molar-refractivity contribution in [3.05, 3.63) is 71.9 Å². The second-order valence-electron chi connectivity index (χ2n) is 8.75. The molecule has 1 N–H and O–H groups in total. The van der Waals surface area contributed by atoms with E-state index in [9.17, 15) is 9.18 Å². The molecule has 0 spiro atoms. The maximum atomic E-state index is 13.5. The van der Waals surface area contributed by atoms with Crippen LogP contribution >= 0.6 is 11.6 Å². The normalized spacial score (nSPS) is 11.3. The van der Waals surface area contributed by atoms with Crippen LogP contribution in [-0.2, 0) is 9.53 Å². The second-order valence-corrected chi connectivity index (χ2v) is 9.14. The Morgan fingerprint density at radius 2 is 1.86 bits per heavy atom.